The van der Waals surface area contributed by atoms with Gasteiger partial charge in [0.1, 0.15) is 11.7 Å². The number of pyridine rings is 1. The van der Waals surface area contributed by atoms with Crippen LogP contribution in [-0.4, -0.2) is 28.0 Å². The van der Waals surface area contributed by atoms with E-state index < -0.39 is 29.7 Å². The fourth-order valence-corrected chi connectivity index (χ4v) is 1.76. The molecule has 1 atom stereocenters. The number of halogens is 3. The van der Waals surface area contributed by atoms with E-state index in [4.69, 9.17) is 5.11 Å². The molecule has 128 valence electrons. The molecule has 0 aliphatic carbocycles. The molecule has 0 radical (unpaired) electrons. The SMILES string of the molecule is CC(C)(C)CCC(NC(=O)c1ccc(C(F)(F)F)cn1)C(=O)O. The number of hydrogen-bond donors (Lipinski definition) is 2. The first kappa shape index (κ1) is 18.9. The van der Waals surface area contributed by atoms with Crippen molar-refractivity contribution in [3.05, 3.63) is 29.6 Å². The van der Waals surface area contributed by atoms with Crippen molar-refractivity contribution in [2.45, 2.75) is 45.8 Å². The minimum Gasteiger partial charge on any atom is -0.480 e. The molecule has 0 bridgehead atoms. The number of nitrogens with one attached hydrogen (secondary N) is 1. The van der Waals surface area contributed by atoms with Crippen LogP contribution in [0.15, 0.2) is 18.3 Å². The van der Waals surface area contributed by atoms with Crippen molar-refractivity contribution in [2.24, 2.45) is 5.41 Å². The third-order valence-electron chi connectivity index (χ3n) is 3.11. The van der Waals surface area contributed by atoms with Crippen molar-refractivity contribution in [1.29, 1.82) is 0 Å². The lowest BCUT2D eigenvalue weighted by atomic mass is 9.88. The molecular weight excluding hydrogens is 313 g/mol. The van der Waals surface area contributed by atoms with Crippen LogP contribution >= 0.6 is 0 Å². The summed E-state index contributed by atoms with van der Waals surface area (Å²) in [6.07, 6.45) is -3.23. The quantitative estimate of drug-likeness (QED) is 0.868. The molecule has 1 aromatic heterocycles. The van der Waals surface area contributed by atoms with Crippen LogP contribution in [0.25, 0.3) is 0 Å². The Hall–Kier alpha value is -2.12. The Bertz CT molecular complexity index is 563. The maximum atomic E-state index is 12.4. The van der Waals surface area contributed by atoms with Crippen molar-refractivity contribution in [3.63, 3.8) is 0 Å². The minimum absolute atomic E-state index is 0.106. The largest absolute Gasteiger partial charge is 0.480 e. The summed E-state index contributed by atoms with van der Waals surface area (Å²) in [6.45, 7) is 5.81. The molecule has 1 aromatic rings. The second kappa shape index (κ2) is 6.97. The summed E-state index contributed by atoms with van der Waals surface area (Å²) in [7, 11) is 0. The molecule has 0 saturated carbocycles. The zero-order valence-corrected chi connectivity index (χ0v) is 13.1. The summed E-state index contributed by atoms with van der Waals surface area (Å²) < 4.78 is 37.3. The number of carbonyl (C=O) groups is 2. The lowest BCUT2D eigenvalue weighted by molar-refractivity contribution is -0.139. The summed E-state index contributed by atoms with van der Waals surface area (Å²) in [4.78, 5) is 26.6. The Labute approximate surface area is 131 Å². The van der Waals surface area contributed by atoms with Gasteiger partial charge in [-0.1, -0.05) is 20.8 Å². The fraction of sp³-hybridized carbons (Fsp3) is 0.533. The van der Waals surface area contributed by atoms with Crippen molar-refractivity contribution in [3.8, 4) is 0 Å². The molecular formula is C15H19F3N2O3. The van der Waals surface area contributed by atoms with Crippen molar-refractivity contribution >= 4 is 11.9 Å². The first-order chi connectivity index (χ1) is 10.4. The molecule has 5 nitrogen and oxygen atoms in total. The van der Waals surface area contributed by atoms with E-state index in [1.165, 1.54) is 0 Å². The number of aliphatic carboxylic acids is 1. The minimum atomic E-state index is -4.54. The molecule has 1 amide bonds. The highest BCUT2D eigenvalue weighted by Crippen LogP contribution is 2.28. The zero-order valence-electron chi connectivity index (χ0n) is 13.1. The first-order valence-corrected chi connectivity index (χ1v) is 6.97. The third kappa shape index (κ3) is 6.25. The van der Waals surface area contributed by atoms with Gasteiger partial charge in [0.25, 0.3) is 5.91 Å². The number of rotatable bonds is 5. The Morgan fingerprint density at radius 1 is 1.26 bits per heavy atom. The van der Waals surface area contributed by atoms with Gasteiger partial charge in [-0.3, -0.25) is 9.78 Å². The van der Waals surface area contributed by atoms with Crippen LogP contribution in [-0.2, 0) is 11.0 Å². The number of nitrogens with zero attached hydrogens (tertiary/aromatic N) is 1. The van der Waals surface area contributed by atoms with E-state index in [1.54, 1.807) is 0 Å². The van der Waals surface area contributed by atoms with Gasteiger partial charge >= 0.3 is 12.1 Å². The van der Waals surface area contributed by atoms with Gasteiger partial charge in [0.05, 0.1) is 5.56 Å². The van der Waals surface area contributed by atoms with E-state index in [-0.39, 0.29) is 17.5 Å². The van der Waals surface area contributed by atoms with Crippen LogP contribution in [0.5, 0.6) is 0 Å². The summed E-state index contributed by atoms with van der Waals surface area (Å²) in [5.41, 5.74) is -1.35. The Balaban J connectivity index is 2.77. The van der Waals surface area contributed by atoms with Crippen molar-refractivity contribution in [2.75, 3.05) is 0 Å². The fourth-order valence-electron chi connectivity index (χ4n) is 1.76. The molecule has 0 spiro atoms. The molecule has 0 saturated heterocycles. The van der Waals surface area contributed by atoms with Gasteiger partial charge in [-0.05, 0) is 30.4 Å². The summed E-state index contributed by atoms with van der Waals surface area (Å²) >= 11 is 0. The summed E-state index contributed by atoms with van der Waals surface area (Å²) in [5, 5.41) is 11.4. The van der Waals surface area contributed by atoms with Gasteiger partial charge in [0.15, 0.2) is 0 Å². The normalized spacial score (nSPS) is 13.5. The maximum Gasteiger partial charge on any atom is 0.417 e. The average Bonchev–Trinajstić information content (AvgIpc) is 2.41. The van der Waals surface area contributed by atoms with Crippen LogP contribution in [0.1, 0.15) is 49.7 Å². The molecule has 1 heterocycles. The number of carboxylic acid groups (broad SMARTS) is 1. The smallest absolute Gasteiger partial charge is 0.417 e. The highest BCUT2D eigenvalue weighted by molar-refractivity contribution is 5.94. The standard InChI is InChI=1S/C15H19F3N2O3/c1-14(2,3)7-6-11(13(22)23)20-12(21)10-5-4-9(8-19-10)15(16,17)18/h4-5,8,11H,6-7H2,1-3H3,(H,20,21)(H,22,23). The number of alkyl halides is 3. The molecule has 8 heteroatoms. The number of carboxylic acids is 1. The monoisotopic (exact) mass is 332 g/mol. The number of hydrogen-bond acceptors (Lipinski definition) is 3. The van der Waals surface area contributed by atoms with E-state index in [1.807, 2.05) is 20.8 Å². The van der Waals surface area contributed by atoms with Gasteiger partial charge in [0.2, 0.25) is 0 Å². The van der Waals surface area contributed by atoms with Crippen LogP contribution in [0.4, 0.5) is 13.2 Å². The van der Waals surface area contributed by atoms with E-state index in [9.17, 15) is 22.8 Å². The van der Waals surface area contributed by atoms with Crippen molar-refractivity contribution < 1.29 is 27.9 Å². The molecule has 23 heavy (non-hydrogen) atoms. The molecule has 2 N–H and O–H groups in total. The highest BCUT2D eigenvalue weighted by Gasteiger charge is 2.31. The predicted octanol–water partition coefficient (Wildman–Crippen LogP) is 3.11. The summed E-state index contributed by atoms with van der Waals surface area (Å²) in [6, 6.07) is 0.527. The Kier molecular flexibility index (Phi) is 5.74. The van der Waals surface area contributed by atoms with E-state index >= 15 is 0 Å². The van der Waals surface area contributed by atoms with Crippen LogP contribution in [0.2, 0.25) is 0 Å². The number of amides is 1. The van der Waals surface area contributed by atoms with Gasteiger partial charge in [-0.25, -0.2) is 4.79 Å². The predicted molar refractivity (Wildman–Crippen MR) is 76.8 cm³/mol. The van der Waals surface area contributed by atoms with Crippen LogP contribution < -0.4 is 5.32 Å². The van der Waals surface area contributed by atoms with Crippen molar-refractivity contribution in [1.82, 2.24) is 10.3 Å². The average molecular weight is 332 g/mol. The lowest BCUT2D eigenvalue weighted by Crippen LogP contribution is -2.41. The molecule has 0 fully saturated rings. The van der Waals surface area contributed by atoms with E-state index in [0.29, 0.717) is 12.6 Å². The van der Waals surface area contributed by atoms with Gasteiger partial charge < -0.3 is 10.4 Å². The highest BCUT2D eigenvalue weighted by atomic mass is 19.4. The van der Waals surface area contributed by atoms with Crippen LogP contribution in [0, 0.1) is 5.41 Å². The number of aromatic nitrogens is 1. The molecule has 0 aliphatic rings. The van der Waals surface area contributed by atoms with E-state index in [0.717, 1.165) is 12.1 Å². The van der Waals surface area contributed by atoms with Gasteiger partial charge in [-0.15, -0.1) is 0 Å². The molecule has 1 rings (SSSR count). The molecule has 0 aromatic carbocycles. The first-order valence-electron chi connectivity index (χ1n) is 6.97. The zero-order chi connectivity index (χ0) is 17.8. The summed E-state index contributed by atoms with van der Waals surface area (Å²) in [5.74, 6) is -2.02. The second-order valence-electron chi connectivity index (χ2n) is 6.39. The lowest BCUT2D eigenvalue weighted by Gasteiger charge is -2.21. The van der Waals surface area contributed by atoms with Crippen LogP contribution in [0.3, 0.4) is 0 Å². The Morgan fingerprint density at radius 2 is 1.87 bits per heavy atom. The third-order valence-corrected chi connectivity index (χ3v) is 3.11. The molecule has 1 unspecified atom stereocenters. The van der Waals surface area contributed by atoms with Gasteiger partial charge in [-0.2, -0.15) is 13.2 Å². The Morgan fingerprint density at radius 3 is 2.26 bits per heavy atom. The number of carbonyl (C=O) groups excluding carboxylic acids is 1. The second-order valence-corrected chi connectivity index (χ2v) is 6.39. The topological polar surface area (TPSA) is 79.3 Å². The van der Waals surface area contributed by atoms with E-state index in [2.05, 4.69) is 10.3 Å². The maximum absolute atomic E-state index is 12.4. The van der Waals surface area contributed by atoms with Gasteiger partial charge in [0, 0.05) is 6.20 Å². The molecule has 0 aliphatic heterocycles.